The lowest BCUT2D eigenvalue weighted by Gasteiger charge is -2.13. The second kappa shape index (κ2) is 11.4. The minimum atomic E-state index is -1.43. The van der Waals surface area contributed by atoms with Crippen LogP contribution in [0.15, 0.2) is 83.8 Å². The molecule has 2 atom stereocenters. The van der Waals surface area contributed by atoms with E-state index >= 15 is 0 Å². The normalized spacial score (nSPS) is 15.9. The highest BCUT2D eigenvalue weighted by Gasteiger charge is 2.16. The van der Waals surface area contributed by atoms with Crippen LogP contribution in [-0.2, 0) is 15.7 Å². The van der Waals surface area contributed by atoms with Gasteiger partial charge in [0, 0.05) is 24.5 Å². The fraction of sp³-hybridized carbons (Fsp3) is 0.208. The van der Waals surface area contributed by atoms with E-state index in [0.29, 0.717) is 22.8 Å². The Morgan fingerprint density at radius 3 is 2.34 bits per heavy atom. The van der Waals surface area contributed by atoms with Gasteiger partial charge in [-0.15, -0.1) is 0 Å². The van der Waals surface area contributed by atoms with Crippen LogP contribution in [-0.4, -0.2) is 35.0 Å². The second-order valence-electron chi connectivity index (χ2n) is 7.28. The maximum atomic E-state index is 13.0. The van der Waals surface area contributed by atoms with Crippen molar-refractivity contribution in [2.24, 2.45) is 0 Å². The molecule has 0 spiro atoms. The van der Waals surface area contributed by atoms with E-state index in [1.165, 1.54) is 0 Å². The summed E-state index contributed by atoms with van der Waals surface area (Å²) in [6.07, 6.45) is 2.12. The molecule has 1 saturated heterocycles. The third-order valence-electron chi connectivity index (χ3n) is 5.04. The van der Waals surface area contributed by atoms with Gasteiger partial charge in [0.05, 0.1) is 11.0 Å². The van der Waals surface area contributed by atoms with Gasteiger partial charge in [0.2, 0.25) is 0 Å². The van der Waals surface area contributed by atoms with E-state index in [1.54, 1.807) is 24.3 Å². The smallest absolute Gasteiger partial charge is 0.319 e. The summed E-state index contributed by atoms with van der Waals surface area (Å²) in [6.45, 7) is 1.27. The van der Waals surface area contributed by atoms with Gasteiger partial charge in [-0.2, -0.15) is 0 Å². The Labute approximate surface area is 190 Å². The standard InChI is InChI=1S/C24H25N3O3S.H2O/c28-24(25-17-21-9-6-16-30-21)26-19-12-14-20(15-13-19)27-31(29)23-11-5-4-10-22(23)18-7-2-1-3-8-18;/h1-5,7-8,10-15,21,27H,6,9,16-17H2,(H2,25,26,28);1H2. The zero-order chi connectivity index (χ0) is 21.5. The molecule has 4 rings (SSSR count). The summed E-state index contributed by atoms with van der Waals surface area (Å²) in [5, 5.41) is 5.62. The lowest BCUT2D eigenvalue weighted by atomic mass is 10.1. The number of nitrogens with one attached hydrogen (secondary N) is 3. The van der Waals surface area contributed by atoms with E-state index in [2.05, 4.69) is 15.4 Å². The quantitative estimate of drug-likeness (QED) is 0.503. The molecule has 0 saturated carbocycles. The first-order valence-corrected chi connectivity index (χ1v) is 11.4. The van der Waals surface area contributed by atoms with Crippen LogP contribution in [0.2, 0.25) is 0 Å². The first-order valence-electron chi connectivity index (χ1n) is 10.3. The van der Waals surface area contributed by atoms with Crippen molar-refractivity contribution in [3.8, 4) is 11.1 Å². The fourth-order valence-electron chi connectivity index (χ4n) is 3.46. The highest BCUT2D eigenvalue weighted by molar-refractivity contribution is 7.86. The summed E-state index contributed by atoms with van der Waals surface area (Å²) in [7, 11) is -1.43. The number of hydrogen-bond donors (Lipinski definition) is 3. The summed E-state index contributed by atoms with van der Waals surface area (Å²) in [6, 6.07) is 24.4. The van der Waals surface area contributed by atoms with Crippen molar-refractivity contribution >= 4 is 28.4 Å². The number of rotatable bonds is 7. The van der Waals surface area contributed by atoms with Crippen molar-refractivity contribution in [3.05, 3.63) is 78.9 Å². The number of benzene rings is 3. The Balaban J connectivity index is 0.00000289. The highest BCUT2D eigenvalue weighted by Crippen LogP contribution is 2.27. The van der Waals surface area contributed by atoms with Crippen LogP contribution in [0.4, 0.5) is 16.2 Å². The van der Waals surface area contributed by atoms with Gasteiger partial charge in [-0.3, -0.25) is 0 Å². The Bertz CT molecular complexity index is 1040. The van der Waals surface area contributed by atoms with E-state index in [4.69, 9.17) is 4.74 Å². The molecule has 1 fully saturated rings. The SMILES string of the molecule is O.O=C(NCC1CCCO1)Nc1ccc(NS(=O)c2ccccc2-c2ccccc2)cc1. The molecule has 7 nitrogen and oxygen atoms in total. The van der Waals surface area contributed by atoms with Crippen molar-refractivity contribution in [1.29, 1.82) is 0 Å². The maximum absolute atomic E-state index is 13.0. The average molecular weight is 454 g/mol. The van der Waals surface area contributed by atoms with Gasteiger partial charge < -0.3 is 25.6 Å². The van der Waals surface area contributed by atoms with Gasteiger partial charge in [0.15, 0.2) is 11.0 Å². The van der Waals surface area contributed by atoms with Gasteiger partial charge >= 0.3 is 6.03 Å². The molecule has 1 heterocycles. The molecule has 32 heavy (non-hydrogen) atoms. The van der Waals surface area contributed by atoms with Crippen molar-refractivity contribution in [2.45, 2.75) is 23.8 Å². The van der Waals surface area contributed by atoms with Crippen LogP contribution in [0, 0.1) is 0 Å². The summed E-state index contributed by atoms with van der Waals surface area (Å²) in [5.74, 6) is 0. The Kier molecular flexibility index (Phi) is 8.38. The molecule has 1 aliphatic rings. The van der Waals surface area contributed by atoms with Crippen molar-refractivity contribution < 1.29 is 19.2 Å². The van der Waals surface area contributed by atoms with Gasteiger partial charge in [-0.25, -0.2) is 9.00 Å². The predicted octanol–water partition coefficient (Wildman–Crippen LogP) is 3.96. The molecule has 0 aromatic heterocycles. The third-order valence-corrected chi connectivity index (χ3v) is 6.22. The summed E-state index contributed by atoms with van der Waals surface area (Å²) >= 11 is 0. The van der Waals surface area contributed by atoms with Gasteiger partial charge in [0.25, 0.3) is 0 Å². The van der Waals surface area contributed by atoms with E-state index in [9.17, 15) is 9.00 Å². The van der Waals surface area contributed by atoms with Crippen molar-refractivity contribution in [3.63, 3.8) is 0 Å². The van der Waals surface area contributed by atoms with Crippen LogP contribution in [0.3, 0.4) is 0 Å². The molecule has 3 aromatic carbocycles. The molecule has 8 heteroatoms. The van der Waals surface area contributed by atoms with E-state index in [1.807, 2.05) is 54.6 Å². The molecule has 2 amide bonds. The largest absolute Gasteiger partial charge is 0.412 e. The molecule has 3 aromatic rings. The second-order valence-corrected chi connectivity index (χ2v) is 8.46. The van der Waals surface area contributed by atoms with E-state index < -0.39 is 11.0 Å². The lowest BCUT2D eigenvalue weighted by molar-refractivity contribution is 0.112. The lowest BCUT2D eigenvalue weighted by Crippen LogP contribution is -2.35. The number of carbonyl (C=O) groups is 1. The van der Waals surface area contributed by atoms with Gasteiger partial charge in [-0.1, -0.05) is 48.5 Å². The van der Waals surface area contributed by atoms with E-state index in [0.717, 1.165) is 30.6 Å². The number of anilines is 2. The number of hydrogen-bond acceptors (Lipinski definition) is 3. The Morgan fingerprint density at radius 1 is 0.938 bits per heavy atom. The van der Waals surface area contributed by atoms with E-state index in [-0.39, 0.29) is 17.6 Å². The average Bonchev–Trinajstić information content (AvgIpc) is 3.33. The van der Waals surface area contributed by atoms with Gasteiger partial charge in [0.1, 0.15) is 0 Å². The highest BCUT2D eigenvalue weighted by atomic mass is 32.2. The number of ether oxygens (including phenoxy) is 1. The minimum absolute atomic E-state index is 0. The van der Waals surface area contributed by atoms with Crippen LogP contribution >= 0.6 is 0 Å². The topological polar surface area (TPSA) is 111 Å². The molecule has 2 unspecified atom stereocenters. The molecule has 5 N–H and O–H groups in total. The number of carbonyl (C=O) groups excluding carboxylic acids is 1. The predicted molar refractivity (Wildman–Crippen MR) is 128 cm³/mol. The Hall–Kier alpha value is -3.20. The van der Waals surface area contributed by atoms with Crippen LogP contribution in [0.5, 0.6) is 0 Å². The van der Waals surface area contributed by atoms with Crippen LogP contribution in [0.25, 0.3) is 11.1 Å². The first kappa shape index (κ1) is 23.5. The summed E-state index contributed by atoms with van der Waals surface area (Å²) < 4.78 is 21.5. The summed E-state index contributed by atoms with van der Waals surface area (Å²) in [5.41, 5.74) is 3.30. The number of amides is 2. The van der Waals surface area contributed by atoms with Gasteiger partial charge in [-0.05, 0) is 54.3 Å². The molecular weight excluding hydrogens is 426 g/mol. The summed E-state index contributed by atoms with van der Waals surface area (Å²) in [4.78, 5) is 12.8. The van der Waals surface area contributed by atoms with Crippen molar-refractivity contribution in [1.82, 2.24) is 5.32 Å². The first-order chi connectivity index (χ1) is 15.2. The molecule has 0 bridgehead atoms. The maximum Gasteiger partial charge on any atom is 0.319 e. The molecular formula is C24H27N3O4S. The van der Waals surface area contributed by atoms with Crippen LogP contribution < -0.4 is 15.4 Å². The molecule has 0 radical (unpaired) electrons. The third kappa shape index (κ3) is 6.16. The Morgan fingerprint density at radius 2 is 1.62 bits per heavy atom. The van der Waals surface area contributed by atoms with Crippen LogP contribution in [0.1, 0.15) is 12.8 Å². The fourth-order valence-corrected chi connectivity index (χ4v) is 4.50. The molecule has 0 aliphatic carbocycles. The molecule has 168 valence electrons. The zero-order valence-electron chi connectivity index (χ0n) is 17.5. The number of urea groups is 1. The zero-order valence-corrected chi connectivity index (χ0v) is 18.4. The van der Waals surface area contributed by atoms with Crippen molar-refractivity contribution in [2.75, 3.05) is 23.2 Å². The molecule has 1 aliphatic heterocycles. The monoisotopic (exact) mass is 453 g/mol. The minimum Gasteiger partial charge on any atom is -0.412 e.